The van der Waals surface area contributed by atoms with Crippen molar-refractivity contribution in [2.75, 3.05) is 0 Å². The maximum atomic E-state index is 12.7. The van der Waals surface area contributed by atoms with Gasteiger partial charge in [0.15, 0.2) is 0 Å². The zero-order chi connectivity index (χ0) is 14.8. The molecule has 2 aromatic heterocycles. The lowest BCUT2D eigenvalue weighted by Crippen LogP contribution is -2.32. The van der Waals surface area contributed by atoms with Crippen molar-refractivity contribution in [3.05, 3.63) is 46.2 Å². The molecule has 0 aromatic carbocycles. The lowest BCUT2D eigenvalue weighted by Gasteiger charge is -2.21. The maximum absolute atomic E-state index is 12.7. The summed E-state index contributed by atoms with van der Waals surface area (Å²) in [6.07, 6.45) is 5.64. The van der Waals surface area contributed by atoms with Crippen LogP contribution in [-0.2, 0) is 6.54 Å². The molecule has 110 valence electrons. The van der Waals surface area contributed by atoms with Crippen LogP contribution in [0.1, 0.15) is 46.9 Å². The van der Waals surface area contributed by atoms with Crippen LogP contribution in [-0.4, -0.2) is 26.8 Å². The van der Waals surface area contributed by atoms with Crippen molar-refractivity contribution in [1.82, 2.24) is 14.9 Å². The van der Waals surface area contributed by atoms with Crippen molar-refractivity contribution in [2.24, 2.45) is 5.73 Å². The van der Waals surface area contributed by atoms with Gasteiger partial charge < -0.3 is 10.6 Å². The summed E-state index contributed by atoms with van der Waals surface area (Å²) in [7, 11) is 0. The fourth-order valence-corrected chi connectivity index (χ4v) is 2.93. The number of rotatable bonds is 5. The molecule has 1 saturated carbocycles. The summed E-state index contributed by atoms with van der Waals surface area (Å²) in [5, 5.41) is 2.61. The second-order valence-corrected chi connectivity index (χ2v) is 6.27. The SMILES string of the molecule is CC(N)c1nc(C(=O)N(Cc2ccncc2)C2CC2)cs1. The Morgan fingerprint density at radius 2 is 2.19 bits per heavy atom. The number of carbonyl (C=O) groups is 1. The monoisotopic (exact) mass is 302 g/mol. The third kappa shape index (κ3) is 3.28. The van der Waals surface area contributed by atoms with Crippen molar-refractivity contribution >= 4 is 17.2 Å². The van der Waals surface area contributed by atoms with E-state index in [9.17, 15) is 4.79 Å². The minimum absolute atomic E-state index is 0.00235. The highest BCUT2D eigenvalue weighted by Gasteiger charge is 2.34. The summed E-state index contributed by atoms with van der Waals surface area (Å²) >= 11 is 1.45. The summed E-state index contributed by atoms with van der Waals surface area (Å²) in [4.78, 5) is 23.0. The third-order valence-electron chi connectivity index (χ3n) is 3.48. The van der Waals surface area contributed by atoms with E-state index in [1.54, 1.807) is 12.4 Å². The van der Waals surface area contributed by atoms with Gasteiger partial charge in [0.1, 0.15) is 10.7 Å². The number of pyridine rings is 1. The van der Waals surface area contributed by atoms with Crippen molar-refractivity contribution in [2.45, 2.75) is 38.4 Å². The van der Waals surface area contributed by atoms with E-state index in [4.69, 9.17) is 5.73 Å². The van der Waals surface area contributed by atoms with Crippen LogP contribution in [0.2, 0.25) is 0 Å². The number of hydrogen-bond donors (Lipinski definition) is 1. The highest BCUT2D eigenvalue weighted by Crippen LogP contribution is 2.30. The van der Waals surface area contributed by atoms with Crippen LogP contribution in [0.4, 0.5) is 0 Å². The van der Waals surface area contributed by atoms with E-state index in [-0.39, 0.29) is 11.9 Å². The van der Waals surface area contributed by atoms with Crippen molar-refractivity contribution < 1.29 is 4.79 Å². The van der Waals surface area contributed by atoms with E-state index in [0.717, 1.165) is 23.4 Å². The molecule has 0 radical (unpaired) electrons. The molecule has 21 heavy (non-hydrogen) atoms. The van der Waals surface area contributed by atoms with Gasteiger partial charge in [0, 0.05) is 30.4 Å². The minimum Gasteiger partial charge on any atom is -0.330 e. The van der Waals surface area contributed by atoms with Crippen molar-refractivity contribution in [3.8, 4) is 0 Å². The van der Waals surface area contributed by atoms with E-state index in [2.05, 4.69) is 9.97 Å². The first-order valence-electron chi connectivity index (χ1n) is 7.06. The van der Waals surface area contributed by atoms with Gasteiger partial charge in [-0.05, 0) is 37.5 Å². The first-order valence-corrected chi connectivity index (χ1v) is 7.94. The lowest BCUT2D eigenvalue weighted by atomic mass is 10.2. The van der Waals surface area contributed by atoms with Crippen LogP contribution in [0.15, 0.2) is 29.9 Å². The molecule has 0 bridgehead atoms. The second-order valence-electron chi connectivity index (χ2n) is 5.38. The molecule has 3 rings (SSSR count). The first kappa shape index (κ1) is 14.2. The predicted molar refractivity (Wildman–Crippen MR) is 81.8 cm³/mol. The number of hydrogen-bond acceptors (Lipinski definition) is 5. The molecule has 0 aliphatic heterocycles. The molecule has 5 nitrogen and oxygen atoms in total. The average Bonchev–Trinajstić information content (AvgIpc) is 3.20. The zero-order valence-electron chi connectivity index (χ0n) is 11.9. The summed E-state index contributed by atoms with van der Waals surface area (Å²) < 4.78 is 0. The maximum Gasteiger partial charge on any atom is 0.273 e. The minimum atomic E-state index is -0.133. The number of nitrogens with two attached hydrogens (primary N) is 1. The molecule has 1 atom stereocenters. The molecular formula is C15H18N4OS. The van der Waals surface area contributed by atoms with Crippen LogP contribution in [0.5, 0.6) is 0 Å². The molecule has 6 heteroatoms. The van der Waals surface area contributed by atoms with Gasteiger partial charge in [-0.3, -0.25) is 9.78 Å². The highest BCUT2D eigenvalue weighted by atomic mass is 32.1. The summed E-state index contributed by atoms with van der Waals surface area (Å²) in [6, 6.07) is 4.09. The third-order valence-corrected chi connectivity index (χ3v) is 4.53. The van der Waals surface area contributed by atoms with Crippen molar-refractivity contribution in [3.63, 3.8) is 0 Å². The Balaban J connectivity index is 1.78. The molecule has 1 fully saturated rings. The van der Waals surface area contributed by atoms with E-state index in [1.807, 2.05) is 29.3 Å². The molecule has 2 aromatic rings. The second kappa shape index (κ2) is 5.91. The van der Waals surface area contributed by atoms with Gasteiger partial charge in [-0.15, -0.1) is 11.3 Å². The Labute approximate surface area is 127 Å². The standard InChI is InChI=1S/C15H18N4OS/c1-10(16)14-18-13(9-21-14)15(20)19(12-2-3-12)8-11-4-6-17-7-5-11/h4-7,9-10,12H,2-3,8,16H2,1H3. The number of carbonyl (C=O) groups excluding carboxylic acids is 1. The quantitative estimate of drug-likeness (QED) is 0.920. The Bertz CT molecular complexity index is 622. The molecule has 0 spiro atoms. The van der Waals surface area contributed by atoms with Crippen LogP contribution < -0.4 is 5.73 Å². The van der Waals surface area contributed by atoms with Gasteiger partial charge in [-0.25, -0.2) is 4.98 Å². The van der Waals surface area contributed by atoms with Gasteiger partial charge in [-0.1, -0.05) is 0 Å². The topological polar surface area (TPSA) is 72.1 Å². The summed E-state index contributed by atoms with van der Waals surface area (Å²) in [5.41, 5.74) is 7.41. The predicted octanol–water partition coefficient (Wildman–Crippen LogP) is 2.36. The average molecular weight is 302 g/mol. The Morgan fingerprint density at radius 3 is 2.76 bits per heavy atom. The van der Waals surface area contributed by atoms with Crippen molar-refractivity contribution in [1.29, 1.82) is 0 Å². The normalized spacial score (nSPS) is 15.7. The first-order chi connectivity index (χ1) is 10.1. The van der Waals surface area contributed by atoms with Crippen LogP contribution >= 0.6 is 11.3 Å². The number of amides is 1. The van der Waals surface area contributed by atoms with Gasteiger partial charge in [0.25, 0.3) is 5.91 Å². The molecule has 1 amide bonds. The van der Waals surface area contributed by atoms with Gasteiger partial charge in [0.2, 0.25) is 0 Å². The molecule has 2 heterocycles. The fourth-order valence-electron chi connectivity index (χ4n) is 2.18. The van der Waals surface area contributed by atoms with E-state index >= 15 is 0 Å². The molecule has 1 aliphatic rings. The fraction of sp³-hybridized carbons (Fsp3) is 0.400. The molecule has 1 unspecified atom stereocenters. The van der Waals surface area contributed by atoms with Crippen LogP contribution in [0, 0.1) is 0 Å². The Hall–Kier alpha value is -1.79. The van der Waals surface area contributed by atoms with Crippen LogP contribution in [0.3, 0.4) is 0 Å². The molecule has 0 saturated heterocycles. The highest BCUT2D eigenvalue weighted by molar-refractivity contribution is 7.09. The van der Waals surface area contributed by atoms with Gasteiger partial charge >= 0.3 is 0 Å². The number of nitrogens with zero attached hydrogens (tertiary/aromatic N) is 3. The lowest BCUT2D eigenvalue weighted by molar-refractivity contribution is 0.0724. The zero-order valence-corrected chi connectivity index (χ0v) is 12.7. The molecule has 1 aliphatic carbocycles. The van der Waals surface area contributed by atoms with Gasteiger partial charge in [-0.2, -0.15) is 0 Å². The number of thiazole rings is 1. The largest absolute Gasteiger partial charge is 0.330 e. The molecule has 2 N–H and O–H groups in total. The summed E-state index contributed by atoms with van der Waals surface area (Å²) in [6.45, 7) is 2.49. The van der Waals surface area contributed by atoms with E-state index < -0.39 is 0 Å². The van der Waals surface area contributed by atoms with Crippen LogP contribution in [0.25, 0.3) is 0 Å². The van der Waals surface area contributed by atoms with Gasteiger partial charge in [0.05, 0.1) is 6.04 Å². The Kier molecular flexibility index (Phi) is 3.98. The summed E-state index contributed by atoms with van der Waals surface area (Å²) in [5.74, 6) is -0.00235. The number of aromatic nitrogens is 2. The smallest absolute Gasteiger partial charge is 0.273 e. The van der Waals surface area contributed by atoms with E-state index in [0.29, 0.717) is 18.3 Å². The Morgan fingerprint density at radius 1 is 1.48 bits per heavy atom. The molecular weight excluding hydrogens is 284 g/mol. The van der Waals surface area contributed by atoms with E-state index in [1.165, 1.54) is 11.3 Å².